The molecule has 0 heterocycles. The lowest BCUT2D eigenvalue weighted by Crippen LogP contribution is -2.18. The van der Waals surface area contributed by atoms with Gasteiger partial charge in [-0.2, -0.15) is 0 Å². The monoisotopic (exact) mass is 265 g/mol. The molecule has 0 saturated heterocycles. The first-order chi connectivity index (χ1) is 9.79. The minimum Gasteiger partial charge on any atom is -0.497 e. The van der Waals surface area contributed by atoms with Gasteiger partial charge in [-0.15, -0.1) is 0 Å². The van der Waals surface area contributed by atoms with Gasteiger partial charge in [0.25, 0.3) is 0 Å². The number of rotatable bonds is 4. The van der Waals surface area contributed by atoms with Gasteiger partial charge < -0.3 is 4.74 Å². The van der Waals surface area contributed by atoms with Gasteiger partial charge in [0.2, 0.25) is 0 Å². The zero-order valence-corrected chi connectivity index (χ0v) is 11.9. The zero-order chi connectivity index (χ0) is 14.2. The number of nitrogens with one attached hydrogen (secondary N) is 1. The molecule has 0 aliphatic heterocycles. The van der Waals surface area contributed by atoms with Gasteiger partial charge in [0, 0.05) is 11.6 Å². The molecule has 2 aromatic carbocycles. The van der Waals surface area contributed by atoms with E-state index in [1.54, 1.807) is 7.11 Å². The van der Waals surface area contributed by atoms with Crippen LogP contribution in [-0.4, -0.2) is 13.7 Å². The number of ether oxygens (including phenoxy) is 1. The molecule has 20 heavy (non-hydrogen) atoms. The van der Waals surface area contributed by atoms with Crippen molar-refractivity contribution in [3.05, 3.63) is 65.7 Å². The molecule has 2 aromatic rings. The first-order valence-corrected chi connectivity index (χ1v) is 6.71. The predicted octanol–water partition coefficient (Wildman–Crippen LogP) is 3.40. The summed E-state index contributed by atoms with van der Waals surface area (Å²) in [6.07, 6.45) is 0. The maximum atomic E-state index is 5.23. The fourth-order valence-electron chi connectivity index (χ4n) is 1.90. The molecule has 0 fully saturated rings. The van der Waals surface area contributed by atoms with Crippen LogP contribution in [0.3, 0.4) is 0 Å². The molecule has 2 rings (SSSR count). The summed E-state index contributed by atoms with van der Waals surface area (Å²) < 4.78 is 5.23. The summed E-state index contributed by atoms with van der Waals surface area (Å²) in [6, 6.07) is 18.3. The highest BCUT2D eigenvalue weighted by atomic mass is 16.5. The Kier molecular flexibility index (Phi) is 5.23. The summed E-state index contributed by atoms with van der Waals surface area (Å²) in [7, 11) is 1.68. The molecule has 0 bridgehead atoms. The molecule has 2 heteroatoms. The van der Waals surface area contributed by atoms with Crippen LogP contribution in [0.1, 0.15) is 24.1 Å². The minimum atomic E-state index is 0.246. The molecule has 0 aliphatic carbocycles. The van der Waals surface area contributed by atoms with E-state index < -0.39 is 0 Å². The second kappa shape index (κ2) is 7.37. The standard InChI is InChI=1S/C18H19NO/c1-15(17-11-6-12-18(14-17)20-2)19-13-7-10-16-8-4-3-5-9-16/h3-6,8-9,11-12,14-15,19H,13H2,1-2H3/t15-/m0/s1. The summed E-state index contributed by atoms with van der Waals surface area (Å²) in [4.78, 5) is 0. The van der Waals surface area contributed by atoms with Crippen LogP contribution < -0.4 is 10.1 Å². The molecule has 102 valence electrons. The molecule has 0 saturated carbocycles. The molecule has 1 N–H and O–H groups in total. The number of hydrogen-bond acceptors (Lipinski definition) is 2. The molecule has 0 amide bonds. The second-order valence-corrected chi connectivity index (χ2v) is 4.55. The normalized spacial score (nSPS) is 11.3. The fourth-order valence-corrected chi connectivity index (χ4v) is 1.90. The predicted molar refractivity (Wildman–Crippen MR) is 82.7 cm³/mol. The average Bonchev–Trinajstić information content (AvgIpc) is 2.52. The summed E-state index contributed by atoms with van der Waals surface area (Å²) in [5, 5.41) is 3.39. The van der Waals surface area contributed by atoms with E-state index in [9.17, 15) is 0 Å². The van der Waals surface area contributed by atoms with E-state index in [1.165, 1.54) is 5.56 Å². The Morgan fingerprint density at radius 2 is 1.90 bits per heavy atom. The minimum absolute atomic E-state index is 0.246. The third kappa shape index (κ3) is 4.15. The molecule has 0 radical (unpaired) electrons. The van der Waals surface area contributed by atoms with Crippen LogP contribution in [0.2, 0.25) is 0 Å². The van der Waals surface area contributed by atoms with Gasteiger partial charge in [-0.3, -0.25) is 5.32 Å². The molecule has 0 aromatic heterocycles. The van der Waals surface area contributed by atoms with Crippen LogP contribution in [0.5, 0.6) is 5.75 Å². The lowest BCUT2D eigenvalue weighted by Gasteiger charge is -2.13. The third-order valence-corrected chi connectivity index (χ3v) is 3.10. The fraction of sp³-hybridized carbons (Fsp3) is 0.222. The number of methoxy groups -OCH3 is 1. The Labute approximate surface area is 120 Å². The maximum absolute atomic E-state index is 5.23. The lowest BCUT2D eigenvalue weighted by molar-refractivity contribution is 0.413. The highest BCUT2D eigenvalue weighted by Gasteiger charge is 2.04. The average molecular weight is 265 g/mol. The van der Waals surface area contributed by atoms with Crippen molar-refractivity contribution in [2.45, 2.75) is 13.0 Å². The van der Waals surface area contributed by atoms with Crippen LogP contribution in [0.25, 0.3) is 0 Å². The maximum Gasteiger partial charge on any atom is 0.119 e. The van der Waals surface area contributed by atoms with Gasteiger partial charge in [0.15, 0.2) is 0 Å². The number of hydrogen-bond donors (Lipinski definition) is 1. The van der Waals surface area contributed by atoms with E-state index in [0.717, 1.165) is 11.3 Å². The third-order valence-electron chi connectivity index (χ3n) is 3.10. The zero-order valence-electron chi connectivity index (χ0n) is 11.9. The summed E-state index contributed by atoms with van der Waals surface area (Å²) in [5.41, 5.74) is 2.24. The van der Waals surface area contributed by atoms with Crippen molar-refractivity contribution < 1.29 is 4.74 Å². The quantitative estimate of drug-likeness (QED) is 0.856. The van der Waals surface area contributed by atoms with Crippen molar-refractivity contribution >= 4 is 0 Å². The van der Waals surface area contributed by atoms with Gasteiger partial charge >= 0.3 is 0 Å². The first-order valence-electron chi connectivity index (χ1n) is 6.71. The van der Waals surface area contributed by atoms with Gasteiger partial charge in [-0.1, -0.05) is 42.2 Å². The van der Waals surface area contributed by atoms with Gasteiger partial charge in [-0.05, 0) is 36.8 Å². The van der Waals surface area contributed by atoms with E-state index in [4.69, 9.17) is 4.74 Å². The SMILES string of the molecule is COc1cccc([C@H](C)NCC#Cc2ccccc2)c1. The Bertz CT molecular complexity index is 596. The lowest BCUT2D eigenvalue weighted by atomic mass is 10.1. The van der Waals surface area contributed by atoms with E-state index in [1.807, 2.05) is 48.5 Å². The molecular formula is C18H19NO. The summed E-state index contributed by atoms with van der Waals surface area (Å²) in [5.74, 6) is 7.16. The highest BCUT2D eigenvalue weighted by Crippen LogP contribution is 2.18. The Hall–Kier alpha value is -2.24. The van der Waals surface area contributed by atoms with Crippen molar-refractivity contribution in [3.8, 4) is 17.6 Å². The molecule has 0 unspecified atom stereocenters. The number of benzene rings is 2. The second-order valence-electron chi connectivity index (χ2n) is 4.55. The smallest absolute Gasteiger partial charge is 0.119 e. The Morgan fingerprint density at radius 3 is 2.65 bits per heavy atom. The van der Waals surface area contributed by atoms with Crippen LogP contribution in [-0.2, 0) is 0 Å². The topological polar surface area (TPSA) is 21.3 Å². The van der Waals surface area contributed by atoms with E-state index in [0.29, 0.717) is 6.54 Å². The van der Waals surface area contributed by atoms with Crippen molar-refractivity contribution in [3.63, 3.8) is 0 Å². The summed E-state index contributed by atoms with van der Waals surface area (Å²) >= 11 is 0. The van der Waals surface area contributed by atoms with Crippen LogP contribution >= 0.6 is 0 Å². The van der Waals surface area contributed by atoms with Gasteiger partial charge in [0.05, 0.1) is 13.7 Å². The Balaban J connectivity index is 1.89. The summed E-state index contributed by atoms with van der Waals surface area (Å²) in [6.45, 7) is 2.78. The molecule has 1 atom stereocenters. The van der Waals surface area contributed by atoms with Crippen molar-refractivity contribution in [1.29, 1.82) is 0 Å². The molecular weight excluding hydrogens is 246 g/mol. The van der Waals surface area contributed by atoms with Crippen LogP contribution in [0.15, 0.2) is 54.6 Å². The van der Waals surface area contributed by atoms with E-state index >= 15 is 0 Å². The molecule has 0 aliphatic rings. The highest BCUT2D eigenvalue weighted by molar-refractivity contribution is 5.34. The molecule has 0 spiro atoms. The molecule has 2 nitrogen and oxygen atoms in total. The van der Waals surface area contributed by atoms with Gasteiger partial charge in [-0.25, -0.2) is 0 Å². The first kappa shape index (κ1) is 14.2. The van der Waals surface area contributed by atoms with E-state index in [-0.39, 0.29) is 6.04 Å². The van der Waals surface area contributed by atoms with Crippen molar-refractivity contribution in [1.82, 2.24) is 5.32 Å². The largest absolute Gasteiger partial charge is 0.497 e. The van der Waals surface area contributed by atoms with E-state index in [2.05, 4.69) is 30.1 Å². The van der Waals surface area contributed by atoms with Crippen LogP contribution in [0.4, 0.5) is 0 Å². The Morgan fingerprint density at radius 1 is 1.10 bits per heavy atom. The van der Waals surface area contributed by atoms with Crippen LogP contribution in [0, 0.1) is 11.8 Å². The van der Waals surface area contributed by atoms with Crippen molar-refractivity contribution in [2.75, 3.05) is 13.7 Å². The van der Waals surface area contributed by atoms with Gasteiger partial charge in [0.1, 0.15) is 5.75 Å². The van der Waals surface area contributed by atoms with Crippen molar-refractivity contribution in [2.24, 2.45) is 0 Å².